The molecule has 0 radical (unpaired) electrons. The molecule has 1 heterocycles. The molecule has 0 spiro atoms. The molecule has 1 aromatic heterocycles. The van der Waals surface area contributed by atoms with Gasteiger partial charge in [-0.05, 0) is 59.5 Å². The third-order valence-electron chi connectivity index (χ3n) is 3.20. The first-order chi connectivity index (χ1) is 7.36. The van der Waals surface area contributed by atoms with Gasteiger partial charge >= 0.3 is 0 Å². The fourth-order valence-electron chi connectivity index (χ4n) is 2.51. The molecule has 0 fully saturated rings. The summed E-state index contributed by atoms with van der Waals surface area (Å²) in [6, 6.07) is 7.65. The number of hydrogen-bond donors (Lipinski definition) is 1. The minimum absolute atomic E-state index is 0.668. The Morgan fingerprint density at radius 3 is 2.93 bits per heavy atom. The van der Waals surface area contributed by atoms with E-state index in [2.05, 4.69) is 35.8 Å². The van der Waals surface area contributed by atoms with Crippen LogP contribution in [-0.2, 0) is 12.8 Å². The molecule has 1 nitrogen and oxygen atoms in total. The Balaban J connectivity index is 1.98. The standard InChI is InChI=1S/C13H15NS/c1-2-14-12-6-10-5-9-3-4-15-13(9)8-11(10)7-12/h3-5,8,12,14H,2,6-7H2,1H3. The van der Waals surface area contributed by atoms with Gasteiger partial charge in [0.2, 0.25) is 0 Å². The number of benzene rings is 1. The Morgan fingerprint density at radius 1 is 1.33 bits per heavy atom. The van der Waals surface area contributed by atoms with Crippen LogP contribution in [-0.4, -0.2) is 12.6 Å². The van der Waals surface area contributed by atoms with Crippen LogP contribution >= 0.6 is 11.3 Å². The van der Waals surface area contributed by atoms with Gasteiger partial charge in [0.15, 0.2) is 0 Å². The summed E-state index contributed by atoms with van der Waals surface area (Å²) < 4.78 is 1.44. The number of thiophene rings is 1. The highest BCUT2D eigenvalue weighted by Gasteiger charge is 2.20. The van der Waals surface area contributed by atoms with Crippen molar-refractivity contribution in [3.63, 3.8) is 0 Å². The lowest BCUT2D eigenvalue weighted by atomic mass is 10.1. The van der Waals surface area contributed by atoms with Gasteiger partial charge in [0.05, 0.1) is 0 Å². The highest BCUT2D eigenvalue weighted by atomic mass is 32.1. The monoisotopic (exact) mass is 217 g/mol. The summed E-state index contributed by atoms with van der Waals surface area (Å²) in [4.78, 5) is 0. The molecule has 2 heteroatoms. The third kappa shape index (κ3) is 1.58. The van der Waals surface area contributed by atoms with Crippen molar-refractivity contribution in [2.24, 2.45) is 0 Å². The van der Waals surface area contributed by atoms with Crippen molar-refractivity contribution in [2.45, 2.75) is 25.8 Å². The number of hydrogen-bond acceptors (Lipinski definition) is 2. The van der Waals surface area contributed by atoms with Gasteiger partial charge in [-0.25, -0.2) is 0 Å². The topological polar surface area (TPSA) is 12.0 Å². The molecule has 0 bridgehead atoms. The van der Waals surface area contributed by atoms with Crippen LogP contribution in [0.1, 0.15) is 18.1 Å². The molecule has 0 aliphatic heterocycles. The van der Waals surface area contributed by atoms with Gasteiger partial charge in [0, 0.05) is 10.7 Å². The molecule has 2 aromatic rings. The molecule has 0 saturated carbocycles. The molecular formula is C13H15NS. The first-order valence-electron chi connectivity index (χ1n) is 5.59. The second-order valence-electron chi connectivity index (χ2n) is 4.24. The van der Waals surface area contributed by atoms with Crippen molar-refractivity contribution in [1.82, 2.24) is 5.32 Å². The van der Waals surface area contributed by atoms with Gasteiger partial charge in [0.1, 0.15) is 0 Å². The molecule has 1 aliphatic carbocycles. The largest absolute Gasteiger partial charge is 0.314 e. The zero-order valence-electron chi connectivity index (χ0n) is 8.92. The van der Waals surface area contributed by atoms with Gasteiger partial charge in [0.25, 0.3) is 0 Å². The average molecular weight is 217 g/mol. The Labute approximate surface area is 94.1 Å². The summed E-state index contributed by atoms with van der Waals surface area (Å²) in [5.41, 5.74) is 3.10. The SMILES string of the molecule is CCNC1Cc2cc3ccsc3cc2C1. The molecule has 1 unspecified atom stereocenters. The molecule has 0 amide bonds. The quantitative estimate of drug-likeness (QED) is 0.815. The van der Waals surface area contributed by atoms with E-state index in [0.29, 0.717) is 6.04 Å². The van der Waals surface area contributed by atoms with Gasteiger partial charge in [-0.1, -0.05) is 6.92 Å². The number of fused-ring (bicyclic) bond motifs is 2. The zero-order valence-corrected chi connectivity index (χ0v) is 9.73. The first kappa shape index (κ1) is 9.37. The maximum Gasteiger partial charge on any atom is 0.0345 e. The van der Waals surface area contributed by atoms with Crippen LogP contribution in [0.15, 0.2) is 23.6 Å². The lowest BCUT2D eigenvalue weighted by Crippen LogP contribution is -2.28. The summed E-state index contributed by atoms with van der Waals surface area (Å²) in [6.07, 6.45) is 2.41. The van der Waals surface area contributed by atoms with Crippen molar-refractivity contribution < 1.29 is 0 Å². The minimum Gasteiger partial charge on any atom is -0.314 e. The Hall–Kier alpha value is -0.860. The summed E-state index contributed by atoms with van der Waals surface area (Å²) in [5, 5.41) is 7.14. The number of rotatable bonds is 2. The second-order valence-corrected chi connectivity index (χ2v) is 5.19. The van der Waals surface area contributed by atoms with Gasteiger partial charge in [-0.3, -0.25) is 0 Å². The summed E-state index contributed by atoms with van der Waals surface area (Å²) in [7, 11) is 0. The fraction of sp³-hybridized carbons (Fsp3) is 0.385. The summed E-state index contributed by atoms with van der Waals surface area (Å²) >= 11 is 1.85. The Kier molecular flexibility index (Phi) is 2.26. The Morgan fingerprint density at radius 2 is 2.13 bits per heavy atom. The normalized spacial score (nSPS) is 19.7. The second kappa shape index (κ2) is 3.62. The van der Waals surface area contributed by atoms with Crippen LogP contribution in [0.25, 0.3) is 10.1 Å². The van der Waals surface area contributed by atoms with Crippen LogP contribution in [0, 0.1) is 0 Å². The first-order valence-corrected chi connectivity index (χ1v) is 6.47. The third-order valence-corrected chi connectivity index (χ3v) is 4.08. The lowest BCUT2D eigenvalue weighted by molar-refractivity contribution is 0.552. The van der Waals surface area contributed by atoms with Crippen molar-refractivity contribution in [3.05, 3.63) is 34.7 Å². The highest BCUT2D eigenvalue weighted by Crippen LogP contribution is 2.30. The van der Waals surface area contributed by atoms with E-state index < -0.39 is 0 Å². The molecule has 78 valence electrons. The predicted octanol–water partition coefficient (Wildman–Crippen LogP) is 2.98. The van der Waals surface area contributed by atoms with E-state index >= 15 is 0 Å². The molecule has 1 atom stereocenters. The summed E-state index contributed by atoms with van der Waals surface area (Å²) in [5.74, 6) is 0. The van der Waals surface area contributed by atoms with Crippen molar-refractivity contribution >= 4 is 21.4 Å². The van der Waals surface area contributed by atoms with Crippen molar-refractivity contribution in [1.29, 1.82) is 0 Å². The van der Waals surface area contributed by atoms with E-state index in [-0.39, 0.29) is 0 Å². The Bertz CT molecular complexity index is 446. The zero-order chi connectivity index (χ0) is 10.3. The van der Waals surface area contributed by atoms with Gasteiger partial charge in [-0.15, -0.1) is 11.3 Å². The van der Waals surface area contributed by atoms with Crippen LogP contribution < -0.4 is 5.32 Å². The molecular weight excluding hydrogens is 202 g/mol. The fourth-order valence-corrected chi connectivity index (χ4v) is 3.35. The van der Waals surface area contributed by atoms with E-state index in [1.165, 1.54) is 22.9 Å². The lowest BCUT2D eigenvalue weighted by Gasteiger charge is -2.08. The predicted molar refractivity (Wildman–Crippen MR) is 66.7 cm³/mol. The summed E-state index contributed by atoms with van der Waals surface area (Å²) in [6.45, 7) is 3.26. The van der Waals surface area contributed by atoms with E-state index in [0.717, 1.165) is 6.54 Å². The molecule has 0 saturated heterocycles. The highest BCUT2D eigenvalue weighted by molar-refractivity contribution is 7.17. The average Bonchev–Trinajstić information content (AvgIpc) is 2.78. The van der Waals surface area contributed by atoms with Gasteiger partial charge in [-0.2, -0.15) is 0 Å². The molecule has 15 heavy (non-hydrogen) atoms. The smallest absolute Gasteiger partial charge is 0.0345 e. The molecule has 1 aromatic carbocycles. The number of nitrogens with one attached hydrogen (secondary N) is 1. The van der Waals surface area contributed by atoms with Crippen LogP contribution in [0.2, 0.25) is 0 Å². The van der Waals surface area contributed by atoms with E-state index in [1.54, 1.807) is 11.1 Å². The molecule has 1 N–H and O–H groups in total. The van der Waals surface area contributed by atoms with Gasteiger partial charge < -0.3 is 5.32 Å². The minimum atomic E-state index is 0.668. The van der Waals surface area contributed by atoms with Crippen LogP contribution in [0.4, 0.5) is 0 Å². The van der Waals surface area contributed by atoms with Crippen molar-refractivity contribution in [2.75, 3.05) is 6.54 Å². The van der Waals surface area contributed by atoms with Crippen molar-refractivity contribution in [3.8, 4) is 0 Å². The maximum atomic E-state index is 3.54. The van der Waals surface area contributed by atoms with Crippen LogP contribution in [0.5, 0.6) is 0 Å². The number of likely N-dealkylation sites (N-methyl/N-ethyl adjacent to an activating group) is 1. The van der Waals surface area contributed by atoms with E-state index in [1.807, 2.05) is 11.3 Å². The van der Waals surface area contributed by atoms with Crippen LogP contribution in [0.3, 0.4) is 0 Å². The van der Waals surface area contributed by atoms with E-state index in [4.69, 9.17) is 0 Å². The molecule has 1 aliphatic rings. The van der Waals surface area contributed by atoms with E-state index in [9.17, 15) is 0 Å². The maximum absolute atomic E-state index is 3.54. The molecule has 3 rings (SSSR count).